The van der Waals surface area contributed by atoms with Crippen LogP contribution in [0.2, 0.25) is 0 Å². The van der Waals surface area contributed by atoms with Gasteiger partial charge in [-0.1, -0.05) is 38.1 Å². The van der Waals surface area contributed by atoms with E-state index in [0.29, 0.717) is 6.04 Å². The monoisotopic (exact) mass is 251 g/mol. The van der Waals surface area contributed by atoms with Crippen LogP contribution in [0.25, 0.3) is 10.8 Å². The van der Waals surface area contributed by atoms with Crippen LogP contribution in [-0.4, -0.2) is 7.05 Å². The van der Waals surface area contributed by atoms with Crippen LogP contribution in [0, 0.1) is 0 Å². The normalized spacial score (nSPS) is 23.0. The predicted octanol–water partition coefficient (Wildman–Crippen LogP) is 3.88. The second-order valence-electron chi connectivity index (χ2n) is 6.77. The Hall–Kier alpha value is -1.34. The average Bonchev–Trinajstić information content (AvgIpc) is 2.91. The van der Waals surface area contributed by atoms with E-state index < -0.39 is 0 Å². The number of benzene rings is 2. The highest BCUT2D eigenvalue weighted by Gasteiger charge is 2.38. The molecule has 98 valence electrons. The van der Waals surface area contributed by atoms with Crippen molar-refractivity contribution in [1.29, 1.82) is 0 Å². The van der Waals surface area contributed by atoms with Crippen LogP contribution in [0.4, 0.5) is 0 Å². The Bertz CT molecular complexity index is 682. The lowest BCUT2D eigenvalue weighted by atomic mass is 9.82. The van der Waals surface area contributed by atoms with Crippen molar-refractivity contribution in [3.05, 3.63) is 46.5 Å². The first-order chi connectivity index (χ1) is 9.12. The number of nitrogens with one attached hydrogen (secondary N) is 1. The molecule has 2 aliphatic carbocycles. The molecule has 0 heterocycles. The summed E-state index contributed by atoms with van der Waals surface area (Å²) >= 11 is 0. The van der Waals surface area contributed by atoms with Gasteiger partial charge in [-0.25, -0.2) is 0 Å². The van der Waals surface area contributed by atoms with E-state index >= 15 is 0 Å². The van der Waals surface area contributed by atoms with Crippen LogP contribution >= 0.6 is 0 Å². The Labute approximate surface area is 115 Å². The first kappa shape index (κ1) is 11.5. The zero-order valence-corrected chi connectivity index (χ0v) is 12.0. The van der Waals surface area contributed by atoms with Crippen molar-refractivity contribution in [2.45, 2.75) is 44.6 Å². The molecule has 2 aromatic rings. The zero-order chi connectivity index (χ0) is 13.2. The molecular formula is C18H21N. The molecule has 1 unspecified atom stereocenters. The Morgan fingerprint density at radius 2 is 1.95 bits per heavy atom. The Morgan fingerprint density at radius 3 is 2.74 bits per heavy atom. The van der Waals surface area contributed by atoms with E-state index in [1.807, 2.05) is 0 Å². The molecule has 2 aromatic carbocycles. The molecule has 1 heteroatoms. The number of fused-ring (bicyclic) bond motifs is 2. The molecule has 1 atom stereocenters. The molecule has 0 aliphatic heterocycles. The summed E-state index contributed by atoms with van der Waals surface area (Å²) in [4.78, 5) is 0. The van der Waals surface area contributed by atoms with Crippen molar-refractivity contribution in [1.82, 2.24) is 5.32 Å². The minimum absolute atomic E-state index is 0.281. The fraction of sp³-hybridized carbons (Fsp3) is 0.444. The third kappa shape index (κ3) is 1.40. The fourth-order valence-electron chi connectivity index (χ4n) is 4.36. The molecule has 4 rings (SSSR count). The maximum atomic E-state index is 3.51. The maximum absolute atomic E-state index is 3.51. The fourth-order valence-corrected chi connectivity index (χ4v) is 4.36. The molecule has 0 saturated carbocycles. The second-order valence-corrected chi connectivity index (χ2v) is 6.77. The molecule has 1 N–H and O–H groups in total. The van der Waals surface area contributed by atoms with Gasteiger partial charge < -0.3 is 5.32 Å². The molecule has 1 nitrogen and oxygen atoms in total. The van der Waals surface area contributed by atoms with Crippen LogP contribution in [0.15, 0.2) is 24.3 Å². The topological polar surface area (TPSA) is 12.0 Å². The lowest BCUT2D eigenvalue weighted by Gasteiger charge is -2.21. The van der Waals surface area contributed by atoms with Crippen LogP contribution in [0.3, 0.4) is 0 Å². The predicted molar refractivity (Wildman–Crippen MR) is 80.8 cm³/mol. The minimum Gasteiger partial charge on any atom is -0.313 e. The quantitative estimate of drug-likeness (QED) is 0.811. The molecule has 0 spiro atoms. The molecule has 0 amide bonds. The van der Waals surface area contributed by atoms with Crippen molar-refractivity contribution in [3.63, 3.8) is 0 Å². The smallest absolute Gasteiger partial charge is 0.0329 e. The van der Waals surface area contributed by atoms with Crippen molar-refractivity contribution >= 4 is 10.8 Å². The lowest BCUT2D eigenvalue weighted by Crippen LogP contribution is -2.17. The zero-order valence-electron chi connectivity index (χ0n) is 12.0. The SMILES string of the molecule is CNC1CC(C)(C)c2c1cc1c3c(cccc23)CC1. The first-order valence-electron chi connectivity index (χ1n) is 7.37. The van der Waals surface area contributed by atoms with Crippen LogP contribution in [0.1, 0.15) is 48.6 Å². The summed E-state index contributed by atoms with van der Waals surface area (Å²) in [7, 11) is 2.09. The van der Waals surface area contributed by atoms with Crippen molar-refractivity contribution in [2.75, 3.05) is 7.05 Å². The highest BCUT2D eigenvalue weighted by atomic mass is 14.9. The van der Waals surface area contributed by atoms with Gasteiger partial charge in [-0.3, -0.25) is 0 Å². The van der Waals surface area contributed by atoms with Gasteiger partial charge in [0.15, 0.2) is 0 Å². The van der Waals surface area contributed by atoms with E-state index in [2.05, 4.69) is 50.5 Å². The summed E-state index contributed by atoms with van der Waals surface area (Å²) in [6, 6.07) is 9.91. The van der Waals surface area contributed by atoms with E-state index in [-0.39, 0.29) is 5.41 Å². The highest BCUT2D eigenvalue weighted by molar-refractivity contribution is 5.95. The minimum atomic E-state index is 0.281. The molecule has 2 aliphatic rings. The van der Waals surface area contributed by atoms with E-state index in [1.54, 1.807) is 27.6 Å². The van der Waals surface area contributed by atoms with Gasteiger partial charge in [-0.05, 0) is 64.8 Å². The van der Waals surface area contributed by atoms with Gasteiger partial charge in [-0.15, -0.1) is 0 Å². The molecule has 0 bridgehead atoms. The van der Waals surface area contributed by atoms with Gasteiger partial charge in [0, 0.05) is 6.04 Å². The van der Waals surface area contributed by atoms with Gasteiger partial charge in [0.25, 0.3) is 0 Å². The summed E-state index contributed by atoms with van der Waals surface area (Å²) < 4.78 is 0. The Morgan fingerprint density at radius 1 is 1.16 bits per heavy atom. The lowest BCUT2D eigenvalue weighted by molar-refractivity contribution is 0.448. The van der Waals surface area contributed by atoms with E-state index in [4.69, 9.17) is 0 Å². The van der Waals surface area contributed by atoms with Gasteiger partial charge >= 0.3 is 0 Å². The number of hydrogen-bond donors (Lipinski definition) is 1. The molecule has 0 saturated heterocycles. The summed E-state index contributed by atoms with van der Waals surface area (Å²) in [5.74, 6) is 0. The van der Waals surface area contributed by atoms with Gasteiger partial charge in [0.2, 0.25) is 0 Å². The van der Waals surface area contributed by atoms with Crippen LogP contribution in [0.5, 0.6) is 0 Å². The first-order valence-corrected chi connectivity index (χ1v) is 7.37. The molecule has 0 aromatic heterocycles. The average molecular weight is 251 g/mol. The molecule has 0 radical (unpaired) electrons. The Kier molecular flexibility index (Phi) is 2.18. The standard InChI is InChI=1S/C18H21N/c1-18(2)10-15(19-3)14-9-12-8-7-11-5-4-6-13(16(11)12)17(14)18/h4-6,9,15,19H,7-8,10H2,1-3H3. The van der Waals surface area contributed by atoms with Crippen molar-refractivity contribution in [2.24, 2.45) is 0 Å². The van der Waals surface area contributed by atoms with Crippen LogP contribution in [-0.2, 0) is 18.3 Å². The maximum Gasteiger partial charge on any atom is 0.0329 e. The number of rotatable bonds is 1. The molecular weight excluding hydrogens is 230 g/mol. The largest absolute Gasteiger partial charge is 0.313 e. The third-order valence-electron chi connectivity index (χ3n) is 5.14. The number of hydrogen-bond acceptors (Lipinski definition) is 1. The van der Waals surface area contributed by atoms with Crippen molar-refractivity contribution < 1.29 is 0 Å². The Balaban J connectivity index is 2.14. The van der Waals surface area contributed by atoms with E-state index in [9.17, 15) is 0 Å². The van der Waals surface area contributed by atoms with Gasteiger partial charge in [0.05, 0.1) is 0 Å². The second kappa shape index (κ2) is 3.61. The summed E-state index contributed by atoms with van der Waals surface area (Å²) in [6.07, 6.45) is 3.65. The van der Waals surface area contributed by atoms with Gasteiger partial charge in [-0.2, -0.15) is 0 Å². The molecule has 0 fully saturated rings. The van der Waals surface area contributed by atoms with Gasteiger partial charge in [0.1, 0.15) is 0 Å². The van der Waals surface area contributed by atoms with E-state index in [1.165, 1.54) is 24.6 Å². The van der Waals surface area contributed by atoms with E-state index in [0.717, 1.165) is 0 Å². The number of aryl methyl sites for hydroxylation is 2. The molecule has 19 heavy (non-hydrogen) atoms. The summed E-state index contributed by atoms with van der Waals surface area (Å²) in [5.41, 5.74) is 6.55. The van der Waals surface area contributed by atoms with Crippen LogP contribution < -0.4 is 5.32 Å². The summed E-state index contributed by atoms with van der Waals surface area (Å²) in [6.45, 7) is 4.79. The van der Waals surface area contributed by atoms with Crippen molar-refractivity contribution in [3.8, 4) is 0 Å². The highest BCUT2D eigenvalue weighted by Crippen LogP contribution is 2.49. The summed E-state index contributed by atoms with van der Waals surface area (Å²) in [5, 5.41) is 6.59. The third-order valence-corrected chi connectivity index (χ3v) is 5.14.